The number of hydrogen-bond acceptors (Lipinski definition) is 3. The number of urea groups is 1. The number of nitrogens with zero attached hydrogens (tertiary/aromatic N) is 2. The van der Waals surface area contributed by atoms with E-state index in [1.54, 1.807) is 18.7 Å². The minimum Gasteiger partial charge on any atom is -0.309 e. The van der Waals surface area contributed by atoms with E-state index in [4.69, 9.17) is 0 Å². The molecule has 1 heterocycles. The Labute approximate surface area is 89.7 Å². The van der Waals surface area contributed by atoms with Crippen molar-refractivity contribution in [3.8, 4) is 0 Å². The van der Waals surface area contributed by atoms with Crippen LogP contribution in [0.15, 0.2) is 0 Å². The summed E-state index contributed by atoms with van der Waals surface area (Å²) in [6.45, 7) is 6.40. The van der Waals surface area contributed by atoms with Gasteiger partial charge in [0.2, 0.25) is 0 Å². The number of amides is 3. The maximum absolute atomic E-state index is 11.9. The van der Waals surface area contributed by atoms with Crippen LogP contribution in [0.25, 0.3) is 0 Å². The summed E-state index contributed by atoms with van der Waals surface area (Å²) >= 11 is 4.15. The van der Waals surface area contributed by atoms with Crippen molar-refractivity contribution in [2.24, 2.45) is 0 Å². The first-order chi connectivity index (χ1) is 6.52. The summed E-state index contributed by atoms with van der Waals surface area (Å²) in [7, 11) is 0. The lowest BCUT2D eigenvalue weighted by Crippen LogP contribution is -2.48. The van der Waals surface area contributed by atoms with E-state index < -0.39 is 5.54 Å². The highest BCUT2D eigenvalue weighted by Crippen LogP contribution is 2.28. The van der Waals surface area contributed by atoms with Gasteiger partial charge in [-0.15, -0.1) is 0 Å². The molecule has 1 unspecified atom stereocenters. The molecule has 1 aliphatic rings. The zero-order chi connectivity index (χ0) is 10.9. The van der Waals surface area contributed by atoms with Crippen molar-refractivity contribution in [3.05, 3.63) is 0 Å². The Morgan fingerprint density at radius 1 is 1.29 bits per heavy atom. The highest BCUT2D eigenvalue weighted by Gasteiger charge is 2.51. The van der Waals surface area contributed by atoms with Gasteiger partial charge >= 0.3 is 6.03 Å². The zero-order valence-electron chi connectivity index (χ0n) is 8.78. The Balaban J connectivity index is 3.08. The molecule has 80 valence electrons. The molecular formula is C9H16N2O2S. The van der Waals surface area contributed by atoms with E-state index in [1.807, 2.05) is 6.92 Å². The van der Waals surface area contributed by atoms with Crippen LogP contribution in [0, 0.1) is 0 Å². The Morgan fingerprint density at radius 3 is 2.14 bits per heavy atom. The maximum atomic E-state index is 11.9. The van der Waals surface area contributed by atoms with E-state index in [-0.39, 0.29) is 11.9 Å². The van der Waals surface area contributed by atoms with Gasteiger partial charge in [-0.2, -0.15) is 12.6 Å². The minimum absolute atomic E-state index is 0.137. The Kier molecular flexibility index (Phi) is 3.09. The number of rotatable bonds is 3. The average Bonchev–Trinajstić information content (AvgIpc) is 2.36. The predicted molar refractivity (Wildman–Crippen MR) is 57.4 cm³/mol. The van der Waals surface area contributed by atoms with Crippen molar-refractivity contribution in [3.63, 3.8) is 0 Å². The number of likely N-dealkylation sites (N-methyl/N-ethyl adjacent to an activating group) is 2. The molecule has 14 heavy (non-hydrogen) atoms. The molecule has 0 saturated carbocycles. The van der Waals surface area contributed by atoms with Crippen LogP contribution < -0.4 is 0 Å². The maximum Gasteiger partial charge on any atom is 0.327 e. The second-order valence-electron chi connectivity index (χ2n) is 3.51. The molecule has 1 saturated heterocycles. The number of carbonyl (C=O) groups is 2. The van der Waals surface area contributed by atoms with E-state index in [2.05, 4.69) is 12.6 Å². The minimum atomic E-state index is -0.759. The second-order valence-corrected chi connectivity index (χ2v) is 3.82. The average molecular weight is 216 g/mol. The molecule has 0 spiro atoms. The molecule has 0 bridgehead atoms. The third-order valence-corrected chi connectivity index (χ3v) is 3.32. The summed E-state index contributed by atoms with van der Waals surface area (Å²) in [5.41, 5.74) is -0.759. The van der Waals surface area contributed by atoms with E-state index in [9.17, 15) is 9.59 Å². The smallest absolute Gasteiger partial charge is 0.309 e. The second kappa shape index (κ2) is 3.81. The molecule has 0 aromatic rings. The van der Waals surface area contributed by atoms with E-state index in [1.165, 1.54) is 4.90 Å². The van der Waals surface area contributed by atoms with Crippen LogP contribution >= 0.6 is 12.6 Å². The topological polar surface area (TPSA) is 40.6 Å². The van der Waals surface area contributed by atoms with Gasteiger partial charge in [0.1, 0.15) is 5.54 Å². The van der Waals surface area contributed by atoms with Gasteiger partial charge < -0.3 is 4.90 Å². The van der Waals surface area contributed by atoms with Crippen molar-refractivity contribution < 1.29 is 9.59 Å². The van der Waals surface area contributed by atoms with Crippen LogP contribution in [0.1, 0.15) is 20.8 Å². The van der Waals surface area contributed by atoms with Gasteiger partial charge in [0.05, 0.1) is 0 Å². The third kappa shape index (κ3) is 1.30. The van der Waals surface area contributed by atoms with Gasteiger partial charge in [-0.3, -0.25) is 9.69 Å². The number of hydrogen-bond donors (Lipinski definition) is 1. The summed E-state index contributed by atoms with van der Waals surface area (Å²) in [5, 5.41) is 0. The van der Waals surface area contributed by atoms with Crippen molar-refractivity contribution in [1.29, 1.82) is 0 Å². The molecule has 4 nitrogen and oxygen atoms in total. The lowest BCUT2D eigenvalue weighted by Gasteiger charge is -2.28. The molecule has 0 aromatic carbocycles. The largest absolute Gasteiger partial charge is 0.327 e. The lowest BCUT2D eigenvalue weighted by molar-refractivity contribution is -0.131. The van der Waals surface area contributed by atoms with Crippen LogP contribution in [0.3, 0.4) is 0 Å². The normalized spacial score (nSPS) is 27.7. The molecule has 0 aliphatic carbocycles. The summed E-state index contributed by atoms with van der Waals surface area (Å²) in [6, 6.07) is -0.198. The van der Waals surface area contributed by atoms with Gasteiger partial charge in [-0.25, -0.2) is 4.79 Å². The molecule has 0 aromatic heterocycles. The van der Waals surface area contributed by atoms with Crippen LogP contribution in [-0.2, 0) is 4.79 Å². The molecular weight excluding hydrogens is 200 g/mol. The SMILES string of the molecule is CCN1C(=O)N(CC)C(C)(CS)C1=O. The molecule has 1 fully saturated rings. The van der Waals surface area contributed by atoms with Crippen LogP contribution in [-0.4, -0.2) is 46.1 Å². The number of imide groups is 1. The Hall–Kier alpha value is -0.710. The van der Waals surface area contributed by atoms with Crippen LogP contribution in [0.4, 0.5) is 4.79 Å². The first-order valence-electron chi connectivity index (χ1n) is 4.77. The van der Waals surface area contributed by atoms with E-state index >= 15 is 0 Å². The van der Waals surface area contributed by atoms with Gasteiger partial charge in [0.15, 0.2) is 0 Å². The van der Waals surface area contributed by atoms with E-state index in [0.29, 0.717) is 18.8 Å². The van der Waals surface area contributed by atoms with Crippen molar-refractivity contribution >= 4 is 24.6 Å². The summed E-state index contributed by atoms with van der Waals surface area (Å²) in [4.78, 5) is 26.5. The third-order valence-electron chi connectivity index (χ3n) is 2.70. The first kappa shape index (κ1) is 11.4. The fourth-order valence-electron chi connectivity index (χ4n) is 1.77. The highest BCUT2D eigenvalue weighted by atomic mass is 32.1. The highest BCUT2D eigenvalue weighted by molar-refractivity contribution is 7.80. The molecule has 0 N–H and O–H groups in total. The summed E-state index contributed by atoms with van der Waals surface area (Å²) < 4.78 is 0. The monoisotopic (exact) mass is 216 g/mol. The Morgan fingerprint density at radius 2 is 1.86 bits per heavy atom. The fraction of sp³-hybridized carbons (Fsp3) is 0.778. The molecule has 1 aliphatic heterocycles. The molecule has 3 amide bonds. The Bertz CT molecular complexity index is 270. The molecule has 0 radical (unpaired) electrons. The quantitative estimate of drug-likeness (QED) is 0.564. The predicted octanol–water partition coefficient (Wildman–Crippen LogP) is 0.979. The van der Waals surface area contributed by atoms with Crippen LogP contribution in [0.5, 0.6) is 0 Å². The van der Waals surface area contributed by atoms with Crippen LogP contribution in [0.2, 0.25) is 0 Å². The van der Waals surface area contributed by atoms with Gasteiger partial charge in [0, 0.05) is 18.8 Å². The number of carbonyl (C=O) groups excluding carboxylic acids is 2. The fourth-order valence-corrected chi connectivity index (χ4v) is 2.07. The van der Waals surface area contributed by atoms with Crippen molar-refractivity contribution in [2.75, 3.05) is 18.8 Å². The van der Waals surface area contributed by atoms with Gasteiger partial charge in [-0.1, -0.05) is 0 Å². The van der Waals surface area contributed by atoms with Crippen molar-refractivity contribution in [1.82, 2.24) is 9.80 Å². The standard InChI is InChI=1S/C9H16N2O2S/c1-4-10-7(12)9(3,6-14)11(5-2)8(10)13/h14H,4-6H2,1-3H3. The number of thiol groups is 1. The molecule has 1 atom stereocenters. The van der Waals surface area contributed by atoms with E-state index in [0.717, 1.165) is 0 Å². The summed E-state index contributed by atoms with van der Waals surface area (Å²) in [6.07, 6.45) is 0. The lowest BCUT2D eigenvalue weighted by atomic mass is 10.0. The molecule has 5 heteroatoms. The molecule has 1 rings (SSSR count). The van der Waals surface area contributed by atoms with Gasteiger partial charge in [-0.05, 0) is 20.8 Å². The van der Waals surface area contributed by atoms with Crippen molar-refractivity contribution in [2.45, 2.75) is 26.3 Å². The zero-order valence-corrected chi connectivity index (χ0v) is 9.67. The summed E-state index contributed by atoms with van der Waals surface area (Å²) in [5.74, 6) is 0.226. The van der Waals surface area contributed by atoms with Gasteiger partial charge in [0.25, 0.3) is 5.91 Å². The first-order valence-corrected chi connectivity index (χ1v) is 5.40.